The SMILES string of the molecule is NCCCc1nc(-c2ccc(F)c(F)c2Br)n[nH]1. The van der Waals surface area contributed by atoms with E-state index in [9.17, 15) is 8.78 Å². The maximum Gasteiger partial charge on any atom is 0.182 e. The van der Waals surface area contributed by atoms with Crippen LogP contribution in [0.2, 0.25) is 0 Å². The highest BCUT2D eigenvalue weighted by molar-refractivity contribution is 9.10. The van der Waals surface area contributed by atoms with Gasteiger partial charge in [0.1, 0.15) is 5.82 Å². The van der Waals surface area contributed by atoms with E-state index in [1.807, 2.05) is 0 Å². The van der Waals surface area contributed by atoms with Crippen molar-refractivity contribution in [1.82, 2.24) is 15.2 Å². The Balaban J connectivity index is 2.31. The molecule has 3 N–H and O–H groups in total. The van der Waals surface area contributed by atoms with Crippen molar-refractivity contribution >= 4 is 15.9 Å². The van der Waals surface area contributed by atoms with Gasteiger partial charge in [0.15, 0.2) is 17.5 Å². The molecule has 0 spiro atoms. The lowest BCUT2D eigenvalue weighted by Crippen LogP contribution is -2.01. The predicted molar refractivity (Wildman–Crippen MR) is 66.8 cm³/mol. The lowest BCUT2D eigenvalue weighted by atomic mass is 10.2. The number of hydrogen-bond acceptors (Lipinski definition) is 3. The van der Waals surface area contributed by atoms with Crippen LogP contribution in [0.25, 0.3) is 11.4 Å². The van der Waals surface area contributed by atoms with E-state index >= 15 is 0 Å². The molecule has 0 aliphatic rings. The van der Waals surface area contributed by atoms with Gasteiger partial charge in [0.25, 0.3) is 0 Å². The van der Waals surface area contributed by atoms with Gasteiger partial charge in [-0.15, -0.1) is 0 Å². The second kappa shape index (κ2) is 5.53. The smallest absolute Gasteiger partial charge is 0.182 e. The van der Waals surface area contributed by atoms with Gasteiger partial charge in [-0.25, -0.2) is 13.8 Å². The second-order valence-corrected chi connectivity index (χ2v) is 4.51. The lowest BCUT2D eigenvalue weighted by Gasteiger charge is -2.01. The molecule has 18 heavy (non-hydrogen) atoms. The molecule has 1 heterocycles. The van der Waals surface area contributed by atoms with E-state index in [0.29, 0.717) is 30.2 Å². The van der Waals surface area contributed by atoms with Gasteiger partial charge in [-0.2, -0.15) is 5.10 Å². The molecule has 4 nitrogen and oxygen atoms in total. The van der Waals surface area contributed by atoms with Crippen LogP contribution in [-0.4, -0.2) is 21.7 Å². The van der Waals surface area contributed by atoms with Crippen molar-refractivity contribution < 1.29 is 8.78 Å². The van der Waals surface area contributed by atoms with Crippen LogP contribution in [0.3, 0.4) is 0 Å². The summed E-state index contributed by atoms with van der Waals surface area (Å²) in [5.41, 5.74) is 5.80. The van der Waals surface area contributed by atoms with E-state index in [2.05, 4.69) is 31.1 Å². The fourth-order valence-corrected chi connectivity index (χ4v) is 1.99. The van der Waals surface area contributed by atoms with Crippen LogP contribution in [0.15, 0.2) is 16.6 Å². The summed E-state index contributed by atoms with van der Waals surface area (Å²) in [5.74, 6) is -0.856. The highest BCUT2D eigenvalue weighted by Crippen LogP contribution is 2.29. The summed E-state index contributed by atoms with van der Waals surface area (Å²) in [4.78, 5) is 4.21. The number of H-pyrrole nitrogens is 1. The number of nitrogens with one attached hydrogen (secondary N) is 1. The highest BCUT2D eigenvalue weighted by atomic mass is 79.9. The Morgan fingerprint density at radius 1 is 1.33 bits per heavy atom. The van der Waals surface area contributed by atoms with Gasteiger partial charge in [-0.1, -0.05) is 0 Å². The quantitative estimate of drug-likeness (QED) is 0.851. The first-order valence-corrected chi connectivity index (χ1v) is 6.18. The maximum atomic E-state index is 13.4. The van der Waals surface area contributed by atoms with Crippen LogP contribution < -0.4 is 5.73 Å². The number of aromatic amines is 1. The number of nitrogens with two attached hydrogens (primary N) is 1. The average Bonchev–Trinajstić information content (AvgIpc) is 2.82. The molecule has 0 unspecified atom stereocenters. The molecule has 0 atom stereocenters. The molecule has 0 bridgehead atoms. The standard InChI is InChI=1S/C11H11BrF2N4/c12-9-6(3-4-7(13)10(9)14)11-16-8(17-18-11)2-1-5-15/h3-4H,1-2,5,15H2,(H,16,17,18). The first-order valence-electron chi connectivity index (χ1n) is 5.38. The largest absolute Gasteiger partial charge is 0.330 e. The zero-order valence-electron chi connectivity index (χ0n) is 9.38. The number of rotatable bonds is 4. The van der Waals surface area contributed by atoms with Crippen molar-refractivity contribution in [3.8, 4) is 11.4 Å². The second-order valence-electron chi connectivity index (χ2n) is 3.72. The van der Waals surface area contributed by atoms with Crippen LogP contribution in [0.4, 0.5) is 8.78 Å². The van der Waals surface area contributed by atoms with E-state index in [1.165, 1.54) is 6.07 Å². The van der Waals surface area contributed by atoms with Gasteiger partial charge in [0.05, 0.1) is 4.47 Å². The average molecular weight is 317 g/mol. The molecule has 2 rings (SSSR count). The normalized spacial score (nSPS) is 10.9. The van der Waals surface area contributed by atoms with Crippen molar-refractivity contribution in [2.24, 2.45) is 5.73 Å². The lowest BCUT2D eigenvalue weighted by molar-refractivity contribution is 0.504. The zero-order chi connectivity index (χ0) is 13.1. The van der Waals surface area contributed by atoms with Crippen LogP contribution in [0.1, 0.15) is 12.2 Å². The van der Waals surface area contributed by atoms with Crippen LogP contribution in [-0.2, 0) is 6.42 Å². The number of aromatic nitrogens is 3. The summed E-state index contributed by atoms with van der Waals surface area (Å²) >= 11 is 3.00. The number of benzene rings is 1. The minimum absolute atomic E-state index is 0.0203. The summed E-state index contributed by atoms with van der Waals surface area (Å²) in [6.45, 7) is 0.560. The van der Waals surface area contributed by atoms with E-state index in [-0.39, 0.29) is 4.47 Å². The van der Waals surface area contributed by atoms with Crippen molar-refractivity contribution in [1.29, 1.82) is 0 Å². The van der Waals surface area contributed by atoms with Crippen LogP contribution >= 0.6 is 15.9 Å². The minimum atomic E-state index is -0.944. The Kier molecular flexibility index (Phi) is 4.03. The summed E-state index contributed by atoms with van der Waals surface area (Å²) in [6.07, 6.45) is 1.46. The van der Waals surface area contributed by atoms with Crippen molar-refractivity contribution in [3.05, 3.63) is 34.1 Å². The predicted octanol–water partition coefficient (Wildman–Crippen LogP) is 2.40. The molecule has 7 heteroatoms. The Bertz CT molecular complexity index is 556. The summed E-state index contributed by atoms with van der Waals surface area (Å²) in [5, 5.41) is 6.72. The Morgan fingerprint density at radius 3 is 2.83 bits per heavy atom. The molecular formula is C11H11BrF2N4. The van der Waals surface area contributed by atoms with Gasteiger partial charge in [-0.05, 0) is 41.0 Å². The van der Waals surface area contributed by atoms with Crippen LogP contribution in [0, 0.1) is 11.6 Å². The summed E-state index contributed by atoms with van der Waals surface area (Å²) < 4.78 is 26.4. The molecule has 2 aromatic rings. The molecule has 0 amide bonds. The fraction of sp³-hybridized carbons (Fsp3) is 0.273. The Labute approximate surface area is 111 Å². The third-order valence-electron chi connectivity index (χ3n) is 2.43. The maximum absolute atomic E-state index is 13.4. The van der Waals surface area contributed by atoms with E-state index < -0.39 is 11.6 Å². The first kappa shape index (κ1) is 13.1. The summed E-state index contributed by atoms with van der Waals surface area (Å²) in [6, 6.07) is 2.48. The van der Waals surface area contributed by atoms with Crippen molar-refractivity contribution in [2.45, 2.75) is 12.8 Å². The molecule has 0 aliphatic carbocycles. The molecule has 0 saturated carbocycles. The number of hydrogen-bond donors (Lipinski definition) is 2. The first-order chi connectivity index (χ1) is 8.63. The Morgan fingerprint density at radius 2 is 2.11 bits per heavy atom. The van der Waals surface area contributed by atoms with Gasteiger partial charge < -0.3 is 5.73 Å². The third kappa shape index (κ3) is 2.56. The monoisotopic (exact) mass is 316 g/mol. The number of halogens is 3. The van der Waals surface area contributed by atoms with Crippen LogP contribution in [0.5, 0.6) is 0 Å². The molecule has 0 radical (unpaired) electrons. The molecule has 0 aliphatic heterocycles. The third-order valence-corrected chi connectivity index (χ3v) is 3.20. The van der Waals surface area contributed by atoms with Gasteiger partial charge >= 0.3 is 0 Å². The van der Waals surface area contributed by atoms with Gasteiger partial charge in [0.2, 0.25) is 0 Å². The van der Waals surface area contributed by atoms with Gasteiger partial charge in [-0.3, -0.25) is 5.10 Å². The van der Waals surface area contributed by atoms with E-state index in [4.69, 9.17) is 5.73 Å². The van der Waals surface area contributed by atoms with E-state index in [1.54, 1.807) is 0 Å². The molecule has 96 valence electrons. The number of nitrogens with zero attached hydrogens (tertiary/aromatic N) is 2. The highest BCUT2D eigenvalue weighted by Gasteiger charge is 2.15. The Hall–Kier alpha value is -1.34. The minimum Gasteiger partial charge on any atom is -0.330 e. The molecule has 0 saturated heterocycles. The fourth-order valence-electron chi connectivity index (χ4n) is 1.50. The molecular weight excluding hydrogens is 306 g/mol. The molecule has 1 aromatic heterocycles. The molecule has 0 fully saturated rings. The van der Waals surface area contributed by atoms with Crippen molar-refractivity contribution in [3.63, 3.8) is 0 Å². The molecule has 1 aromatic carbocycles. The topological polar surface area (TPSA) is 67.6 Å². The van der Waals surface area contributed by atoms with E-state index in [0.717, 1.165) is 12.5 Å². The zero-order valence-corrected chi connectivity index (χ0v) is 11.0. The van der Waals surface area contributed by atoms with Crippen molar-refractivity contribution in [2.75, 3.05) is 6.54 Å². The number of aryl methyl sites for hydroxylation is 1. The summed E-state index contributed by atoms with van der Waals surface area (Å²) in [7, 11) is 0. The van der Waals surface area contributed by atoms with Gasteiger partial charge in [0, 0.05) is 12.0 Å².